The number of amides is 1. The highest BCUT2D eigenvalue weighted by Gasteiger charge is 2.22. The zero-order valence-electron chi connectivity index (χ0n) is 18.7. The molecule has 0 saturated carbocycles. The van der Waals surface area contributed by atoms with Crippen molar-refractivity contribution in [2.45, 2.75) is 32.9 Å². The molecule has 1 aliphatic rings. The van der Waals surface area contributed by atoms with Crippen LogP contribution < -0.4 is 21.1 Å². The number of anilines is 3. The minimum Gasteiger partial charge on any atom is -0.495 e. The van der Waals surface area contributed by atoms with Crippen LogP contribution in [0.2, 0.25) is 0 Å². The summed E-state index contributed by atoms with van der Waals surface area (Å²) in [6.45, 7) is 10.2. The molecular formula is C21H32N8O2. The Balaban J connectivity index is 1.56. The van der Waals surface area contributed by atoms with E-state index in [1.807, 2.05) is 45.0 Å². The van der Waals surface area contributed by atoms with E-state index in [0.717, 1.165) is 31.9 Å². The molecule has 1 aromatic carbocycles. The van der Waals surface area contributed by atoms with Crippen LogP contribution in [-0.2, 0) is 11.3 Å². The van der Waals surface area contributed by atoms with Gasteiger partial charge in [0.25, 0.3) is 0 Å². The summed E-state index contributed by atoms with van der Waals surface area (Å²) in [7, 11) is 1.61. The maximum Gasteiger partial charge on any atom is 0.234 e. The molecule has 2 aromatic rings. The van der Waals surface area contributed by atoms with E-state index in [0.29, 0.717) is 30.6 Å². The number of nitrogen functional groups attached to an aromatic ring is 1. The zero-order valence-corrected chi connectivity index (χ0v) is 18.7. The summed E-state index contributed by atoms with van der Waals surface area (Å²) < 4.78 is 5.36. The lowest BCUT2D eigenvalue weighted by Gasteiger charge is -2.34. The van der Waals surface area contributed by atoms with Gasteiger partial charge in [-0.15, -0.1) is 0 Å². The number of nitrogens with zero attached hydrogens (tertiary/aromatic N) is 5. The lowest BCUT2D eigenvalue weighted by molar-refractivity contribution is -0.124. The zero-order chi connectivity index (χ0) is 22.4. The monoisotopic (exact) mass is 428 g/mol. The van der Waals surface area contributed by atoms with E-state index in [1.165, 1.54) is 0 Å². The second-order valence-corrected chi connectivity index (χ2v) is 8.61. The summed E-state index contributed by atoms with van der Waals surface area (Å²) in [4.78, 5) is 29.5. The molecule has 168 valence electrons. The van der Waals surface area contributed by atoms with Crippen molar-refractivity contribution >= 4 is 23.5 Å². The van der Waals surface area contributed by atoms with Crippen molar-refractivity contribution in [2.24, 2.45) is 0 Å². The molecule has 1 aromatic heterocycles. The van der Waals surface area contributed by atoms with Crippen LogP contribution in [0.1, 0.15) is 26.6 Å². The summed E-state index contributed by atoms with van der Waals surface area (Å²) in [5.41, 5.74) is 6.45. The number of aromatic nitrogens is 3. The fourth-order valence-electron chi connectivity index (χ4n) is 3.40. The van der Waals surface area contributed by atoms with Crippen molar-refractivity contribution in [3.05, 3.63) is 30.1 Å². The molecule has 3 rings (SSSR count). The number of methoxy groups -OCH3 is 1. The summed E-state index contributed by atoms with van der Waals surface area (Å²) >= 11 is 0. The third-order valence-corrected chi connectivity index (χ3v) is 4.76. The largest absolute Gasteiger partial charge is 0.495 e. The smallest absolute Gasteiger partial charge is 0.234 e. The van der Waals surface area contributed by atoms with Crippen molar-refractivity contribution in [1.82, 2.24) is 30.1 Å². The van der Waals surface area contributed by atoms with E-state index in [2.05, 4.69) is 35.4 Å². The van der Waals surface area contributed by atoms with Crippen molar-refractivity contribution in [3.8, 4) is 5.75 Å². The van der Waals surface area contributed by atoms with Gasteiger partial charge in [0, 0.05) is 31.7 Å². The first kappa shape index (κ1) is 22.7. The lowest BCUT2D eigenvalue weighted by atomic mass is 10.1. The highest BCUT2D eigenvalue weighted by molar-refractivity contribution is 5.78. The number of para-hydroxylation sites is 2. The van der Waals surface area contributed by atoms with Gasteiger partial charge < -0.3 is 21.1 Å². The van der Waals surface area contributed by atoms with Crippen LogP contribution in [0, 0.1) is 0 Å². The second-order valence-electron chi connectivity index (χ2n) is 8.61. The van der Waals surface area contributed by atoms with Crippen LogP contribution in [0.5, 0.6) is 5.75 Å². The van der Waals surface area contributed by atoms with E-state index < -0.39 is 0 Å². The van der Waals surface area contributed by atoms with Crippen LogP contribution in [0.15, 0.2) is 24.3 Å². The topological polar surface area (TPSA) is 122 Å². The Morgan fingerprint density at radius 2 is 1.77 bits per heavy atom. The number of carbonyl (C=O) groups is 1. The van der Waals surface area contributed by atoms with E-state index in [-0.39, 0.29) is 17.4 Å². The number of benzene rings is 1. The van der Waals surface area contributed by atoms with Crippen LogP contribution in [-0.4, -0.2) is 76.0 Å². The van der Waals surface area contributed by atoms with E-state index in [4.69, 9.17) is 10.5 Å². The minimum absolute atomic E-state index is 0.0539. The van der Waals surface area contributed by atoms with Crippen LogP contribution in [0.4, 0.5) is 17.6 Å². The number of nitrogens with two attached hydrogens (primary N) is 1. The van der Waals surface area contributed by atoms with Gasteiger partial charge in [0.1, 0.15) is 11.6 Å². The first-order chi connectivity index (χ1) is 14.7. The van der Waals surface area contributed by atoms with Gasteiger partial charge >= 0.3 is 0 Å². The van der Waals surface area contributed by atoms with Gasteiger partial charge in [-0.25, -0.2) is 0 Å². The van der Waals surface area contributed by atoms with Gasteiger partial charge in [-0.2, -0.15) is 15.0 Å². The van der Waals surface area contributed by atoms with E-state index >= 15 is 0 Å². The molecule has 1 fully saturated rings. The quantitative estimate of drug-likeness (QED) is 0.598. The third-order valence-electron chi connectivity index (χ3n) is 4.76. The molecule has 0 atom stereocenters. The third kappa shape index (κ3) is 7.04. The predicted molar refractivity (Wildman–Crippen MR) is 120 cm³/mol. The van der Waals surface area contributed by atoms with E-state index in [9.17, 15) is 4.79 Å². The number of carbonyl (C=O) groups excluding carboxylic acids is 1. The molecule has 1 amide bonds. The molecule has 0 aliphatic carbocycles. The minimum atomic E-state index is -0.215. The first-order valence-electron chi connectivity index (χ1n) is 10.4. The lowest BCUT2D eigenvalue weighted by Crippen LogP contribution is -2.51. The SMILES string of the molecule is COc1ccccc1Nc1nc(N)nc(CN2CCN(CC(=O)NC(C)(C)C)CC2)n1. The Labute approximate surface area is 183 Å². The van der Waals surface area contributed by atoms with Crippen molar-refractivity contribution < 1.29 is 9.53 Å². The maximum absolute atomic E-state index is 12.1. The van der Waals surface area contributed by atoms with E-state index in [1.54, 1.807) is 7.11 Å². The highest BCUT2D eigenvalue weighted by atomic mass is 16.5. The average molecular weight is 429 g/mol. The summed E-state index contributed by atoms with van der Waals surface area (Å²) in [5, 5.41) is 6.16. The Morgan fingerprint density at radius 1 is 1.10 bits per heavy atom. The second kappa shape index (κ2) is 9.88. The standard InChI is InChI=1S/C21H32N8O2/c1-21(2,3)27-18(30)14-29-11-9-28(10-12-29)13-17-24-19(22)26-20(25-17)23-15-7-5-6-8-16(15)31-4/h5-8H,9-14H2,1-4H3,(H,27,30)(H3,22,23,24,25,26). The number of nitrogens with one attached hydrogen (secondary N) is 2. The molecule has 4 N–H and O–H groups in total. The van der Waals surface area contributed by atoms with Crippen molar-refractivity contribution in [2.75, 3.05) is 50.9 Å². The predicted octanol–water partition coefficient (Wildman–Crippen LogP) is 1.24. The molecule has 1 saturated heterocycles. The van der Waals surface area contributed by atoms with Gasteiger partial charge in [-0.1, -0.05) is 12.1 Å². The van der Waals surface area contributed by atoms with Crippen LogP contribution in [0.25, 0.3) is 0 Å². The molecule has 0 bridgehead atoms. The van der Waals surface area contributed by atoms with Crippen molar-refractivity contribution in [3.63, 3.8) is 0 Å². The number of ether oxygens (including phenoxy) is 1. The van der Waals surface area contributed by atoms with Crippen LogP contribution >= 0.6 is 0 Å². The Hall–Kier alpha value is -2.98. The normalized spacial score (nSPS) is 15.5. The van der Waals surface area contributed by atoms with Gasteiger partial charge in [-0.3, -0.25) is 14.6 Å². The molecule has 31 heavy (non-hydrogen) atoms. The molecule has 0 unspecified atom stereocenters. The van der Waals surface area contributed by atoms with Crippen molar-refractivity contribution in [1.29, 1.82) is 0 Å². The first-order valence-corrected chi connectivity index (χ1v) is 10.4. The maximum atomic E-state index is 12.1. The number of piperazine rings is 1. The fourth-order valence-corrected chi connectivity index (χ4v) is 3.40. The molecule has 0 spiro atoms. The molecule has 2 heterocycles. The Morgan fingerprint density at radius 3 is 2.45 bits per heavy atom. The molecule has 10 heteroatoms. The van der Waals surface area contributed by atoms with Gasteiger partial charge in [-0.05, 0) is 32.9 Å². The summed E-state index contributed by atoms with van der Waals surface area (Å²) in [6, 6.07) is 7.53. The van der Waals surface area contributed by atoms with Crippen LogP contribution in [0.3, 0.4) is 0 Å². The number of rotatable bonds is 7. The summed E-state index contributed by atoms with van der Waals surface area (Å²) in [5.74, 6) is 1.89. The highest BCUT2D eigenvalue weighted by Crippen LogP contribution is 2.25. The Kier molecular flexibility index (Phi) is 7.24. The Bertz CT molecular complexity index is 891. The molecule has 1 aliphatic heterocycles. The summed E-state index contributed by atoms with van der Waals surface area (Å²) in [6.07, 6.45) is 0. The average Bonchev–Trinajstić information content (AvgIpc) is 2.68. The van der Waals surface area contributed by atoms with Gasteiger partial charge in [0.2, 0.25) is 17.8 Å². The van der Waals surface area contributed by atoms with Gasteiger partial charge in [0.05, 0.1) is 25.9 Å². The van der Waals surface area contributed by atoms with Gasteiger partial charge in [0.15, 0.2) is 0 Å². The number of hydrogen-bond donors (Lipinski definition) is 3. The molecular weight excluding hydrogens is 396 g/mol. The molecule has 10 nitrogen and oxygen atoms in total. The molecule has 0 radical (unpaired) electrons. The number of hydrogen-bond acceptors (Lipinski definition) is 9. The fraction of sp³-hybridized carbons (Fsp3) is 0.524.